The van der Waals surface area contributed by atoms with Gasteiger partial charge in [0.05, 0.1) is 5.02 Å². The van der Waals surface area contributed by atoms with Crippen molar-refractivity contribution < 1.29 is 0 Å². The first-order chi connectivity index (χ1) is 7.83. The van der Waals surface area contributed by atoms with Gasteiger partial charge in [0.1, 0.15) is 5.82 Å². The summed E-state index contributed by atoms with van der Waals surface area (Å²) < 4.78 is 0. The molecule has 1 saturated heterocycles. The van der Waals surface area contributed by atoms with E-state index in [0.717, 1.165) is 30.5 Å². The molecule has 1 atom stereocenters. The molecule has 2 rings (SSSR count). The van der Waals surface area contributed by atoms with Crippen LogP contribution in [-0.2, 0) is 0 Å². The Morgan fingerprint density at radius 1 is 1.62 bits per heavy atom. The van der Waals surface area contributed by atoms with E-state index in [9.17, 15) is 0 Å². The van der Waals surface area contributed by atoms with Gasteiger partial charge in [-0.05, 0) is 38.4 Å². The molecule has 88 valence electrons. The van der Waals surface area contributed by atoms with E-state index in [4.69, 9.17) is 11.6 Å². The SMILES string of the molecule is CCN(c1ncccc1Cl)C1CCCNC1. The number of piperidine rings is 1. The summed E-state index contributed by atoms with van der Waals surface area (Å²) in [6.45, 7) is 5.26. The Hall–Kier alpha value is -0.800. The number of hydrogen-bond acceptors (Lipinski definition) is 3. The summed E-state index contributed by atoms with van der Waals surface area (Å²) in [6, 6.07) is 4.30. The van der Waals surface area contributed by atoms with Crippen molar-refractivity contribution >= 4 is 17.4 Å². The van der Waals surface area contributed by atoms with Crippen molar-refractivity contribution in [2.45, 2.75) is 25.8 Å². The van der Waals surface area contributed by atoms with Crippen molar-refractivity contribution in [1.29, 1.82) is 0 Å². The van der Waals surface area contributed by atoms with Gasteiger partial charge in [0.15, 0.2) is 0 Å². The lowest BCUT2D eigenvalue weighted by Crippen LogP contribution is -2.46. The van der Waals surface area contributed by atoms with Crippen LogP contribution in [0.5, 0.6) is 0 Å². The maximum Gasteiger partial charge on any atom is 0.147 e. The van der Waals surface area contributed by atoms with Gasteiger partial charge >= 0.3 is 0 Å². The Kier molecular flexibility index (Phi) is 4.02. The lowest BCUT2D eigenvalue weighted by molar-refractivity contribution is 0.433. The molecule has 0 radical (unpaired) electrons. The zero-order valence-corrected chi connectivity index (χ0v) is 10.4. The van der Waals surface area contributed by atoms with Crippen LogP contribution in [0, 0.1) is 0 Å². The van der Waals surface area contributed by atoms with E-state index in [-0.39, 0.29) is 0 Å². The van der Waals surface area contributed by atoms with Gasteiger partial charge in [0.2, 0.25) is 0 Å². The number of hydrogen-bond donors (Lipinski definition) is 1. The van der Waals surface area contributed by atoms with Crippen molar-refractivity contribution in [3.63, 3.8) is 0 Å². The lowest BCUT2D eigenvalue weighted by atomic mass is 10.1. The summed E-state index contributed by atoms with van der Waals surface area (Å²) in [7, 11) is 0. The topological polar surface area (TPSA) is 28.2 Å². The highest BCUT2D eigenvalue weighted by Gasteiger charge is 2.22. The third-order valence-corrected chi connectivity index (χ3v) is 3.36. The molecule has 3 nitrogen and oxygen atoms in total. The molecule has 16 heavy (non-hydrogen) atoms. The molecule has 1 aromatic rings. The van der Waals surface area contributed by atoms with Gasteiger partial charge in [-0.1, -0.05) is 11.6 Å². The molecule has 0 spiro atoms. The maximum atomic E-state index is 6.19. The number of anilines is 1. The molecule has 1 aromatic heterocycles. The fraction of sp³-hybridized carbons (Fsp3) is 0.583. The molecule has 1 N–H and O–H groups in total. The minimum absolute atomic E-state index is 0.520. The van der Waals surface area contributed by atoms with Gasteiger partial charge in [0, 0.05) is 25.3 Å². The van der Waals surface area contributed by atoms with Crippen LogP contribution in [0.3, 0.4) is 0 Å². The van der Waals surface area contributed by atoms with Gasteiger partial charge in [-0.25, -0.2) is 4.98 Å². The van der Waals surface area contributed by atoms with E-state index in [0.29, 0.717) is 6.04 Å². The number of nitrogens with one attached hydrogen (secondary N) is 1. The second kappa shape index (κ2) is 5.51. The molecule has 0 amide bonds. The lowest BCUT2D eigenvalue weighted by Gasteiger charge is -2.35. The molecular formula is C12H18ClN3. The fourth-order valence-corrected chi connectivity index (χ4v) is 2.50. The molecule has 1 aliphatic heterocycles. The molecule has 1 unspecified atom stereocenters. The normalized spacial score (nSPS) is 20.8. The minimum atomic E-state index is 0.520. The van der Waals surface area contributed by atoms with Gasteiger partial charge in [-0.15, -0.1) is 0 Å². The van der Waals surface area contributed by atoms with Gasteiger partial charge < -0.3 is 10.2 Å². The van der Waals surface area contributed by atoms with Crippen LogP contribution in [0.1, 0.15) is 19.8 Å². The Morgan fingerprint density at radius 3 is 3.12 bits per heavy atom. The third-order valence-electron chi connectivity index (χ3n) is 3.06. The molecular weight excluding hydrogens is 222 g/mol. The summed E-state index contributed by atoms with van der Waals surface area (Å²) in [5.41, 5.74) is 0. The third kappa shape index (κ3) is 2.47. The van der Waals surface area contributed by atoms with Gasteiger partial charge in [0.25, 0.3) is 0 Å². The largest absolute Gasteiger partial charge is 0.351 e. The molecule has 0 saturated carbocycles. The van der Waals surface area contributed by atoms with Crippen LogP contribution in [0.4, 0.5) is 5.82 Å². The zero-order chi connectivity index (χ0) is 11.4. The van der Waals surface area contributed by atoms with Crippen LogP contribution in [0.2, 0.25) is 5.02 Å². The highest BCUT2D eigenvalue weighted by atomic mass is 35.5. The van der Waals surface area contributed by atoms with E-state index in [1.807, 2.05) is 12.1 Å². The molecule has 4 heteroatoms. The Labute approximate surface area is 102 Å². The number of aromatic nitrogens is 1. The van der Waals surface area contributed by atoms with E-state index >= 15 is 0 Å². The first-order valence-electron chi connectivity index (χ1n) is 5.90. The van der Waals surface area contributed by atoms with Crippen molar-refractivity contribution in [1.82, 2.24) is 10.3 Å². The smallest absolute Gasteiger partial charge is 0.147 e. The number of likely N-dealkylation sites (N-methyl/N-ethyl adjacent to an activating group) is 1. The van der Waals surface area contributed by atoms with Crippen molar-refractivity contribution in [2.24, 2.45) is 0 Å². The second-order valence-electron chi connectivity index (χ2n) is 4.10. The molecule has 1 fully saturated rings. The van der Waals surface area contributed by atoms with Gasteiger partial charge in [-0.2, -0.15) is 0 Å². The van der Waals surface area contributed by atoms with Crippen molar-refractivity contribution in [3.8, 4) is 0 Å². The summed E-state index contributed by atoms with van der Waals surface area (Å²) in [5.74, 6) is 0.917. The Bertz CT molecular complexity index is 337. The zero-order valence-electron chi connectivity index (χ0n) is 9.62. The standard InChI is InChI=1S/C12H18ClN3/c1-2-16(10-5-3-7-14-9-10)12-11(13)6-4-8-15-12/h4,6,8,10,14H,2-3,5,7,9H2,1H3. The maximum absolute atomic E-state index is 6.19. The van der Waals surface area contributed by atoms with E-state index in [1.54, 1.807) is 6.20 Å². The number of rotatable bonds is 3. The average molecular weight is 240 g/mol. The van der Waals surface area contributed by atoms with Crippen LogP contribution in [0.25, 0.3) is 0 Å². The predicted molar refractivity (Wildman–Crippen MR) is 68.2 cm³/mol. The molecule has 0 aromatic carbocycles. The molecule has 1 aliphatic rings. The molecule has 0 aliphatic carbocycles. The van der Waals surface area contributed by atoms with E-state index < -0.39 is 0 Å². The van der Waals surface area contributed by atoms with E-state index in [2.05, 4.69) is 22.1 Å². The van der Waals surface area contributed by atoms with Gasteiger partial charge in [-0.3, -0.25) is 0 Å². The first-order valence-corrected chi connectivity index (χ1v) is 6.28. The molecule has 2 heterocycles. The molecule has 0 bridgehead atoms. The first kappa shape index (κ1) is 11.7. The van der Waals surface area contributed by atoms with Crippen LogP contribution in [0.15, 0.2) is 18.3 Å². The van der Waals surface area contributed by atoms with Crippen LogP contribution >= 0.6 is 11.6 Å². The summed E-state index contributed by atoms with van der Waals surface area (Å²) in [5, 5.41) is 4.17. The summed E-state index contributed by atoms with van der Waals surface area (Å²) in [6.07, 6.45) is 4.25. The Morgan fingerprint density at radius 2 is 2.50 bits per heavy atom. The minimum Gasteiger partial charge on any atom is -0.351 e. The monoisotopic (exact) mass is 239 g/mol. The van der Waals surface area contributed by atoms with Crippen LogP contribution in [-0.4, -0.2) is 30.7 Å². The van der Waals surface area contributed by atoms with Crippen molar-refractivity contribution in [3.05, 3.63) is 23.4 Å². The number of nitrogens with zero attached hydrogens (tertiary/aromatic N) is 2. The van der Waals surface area contributed by atoms with Crippen molar-refractivity contribution in [2.75, 3.05) is 24.5 Å². The number of halogens is 1. The Balaban J connectivity index is 2.18. The summed E-state index contributed by atoms with van der Waals surface area (Å²) in [4.78, 5) is 6.69. The second-order valence-corrected chi connectivity index (χ2v) is 4.50. The predicted octanol–water partition coefficient (Wildman–Crippen LogP) is 2.31. The highest BCUT2D eigenvalue weighted by Crippen LogP contribution is 2.25. The van der Waals surface area contributed by atoms with E-state index in [1.165, 1.54) is 12.8 Å². The highest BCUT2D eigenvalue weighted by molar-refractivity contribution is 6.32. The van der Waals surface area contributed by atoms with Crippen LogP contribution < -0.4 is 10.2 Å². The fourth-order valence-electron chi connectivity index (χ4n) is 2.27. The quantitative estimate of drug-likeness (QED) is 0.878. The number of pyridine rings is 1. The summed E-state index contributed by atoms with van der Waals surface area (Å²) >= 11 is 6.19. The average Bonchev–Trinajstić information content (AvgIpc) is 2.34.